The standard InChI is InChI=1S/C15H23N3O/c1-4-17-13-11-16-8-5-12(13)14(19)18-9-6-15(2,3)7-10-18/h5,8,11,17H,4,6-7,9-10H2,1-3H3. The molecule has 19 heavy (non-hydrogen) atoms. The highest BCUT2D eigenvalue weighted by Crippen LogP contribution is 2.30. The van der Waals surface area contributed by atoms with Crippen molar-refractivity contribution in [3.05, 3.63) is 24.0 Å². The number of anilines is 1. The molecule has 1 N–H and O–H groups in total. The van der Waals surface area contributed by atoms with Gasteiger partial charge in [-0.1, -0.05) is 13.8 Å². The number of piperidine rings is 1. The average molecular weight is 261 g/mol. The van der Waals surface area contributed by atoms with Gasteiger partial charge in [-0.25, -0.2) is 0 Å². The van der Waals surface area contributed by atoms with Crippen LogP contribution < -0.4 is 5.32 Å². The number of amides is 1. The van der Waals surface area contributed by atoms with Crippen LogP contribution in [0, 0.1) is 5.41 Å². The number of pyridine rings is 1. The predicted octanol–water partition coefficient (Wildman–Crippen LogP) is 2.78. The molecule has 2 rings (SSSR count). The molecule has 0 bridgehead atoms. The summed E-state index contributed by atoms with van der Waals surface area (Å²) >= 11 is 0. The van der Waals surface area contributed by atoms with Crippen LogP contribution in [0.1, 0.15) is 44.0 Å². The van der Waals surface area contributed by atoms with Crippen molar-refractivity contribution in [3.63, 3.8) is 0 Å². The number of hydrogen-bond acceptors (Lipinski definition) is 3. The Morgan fingerprint density at radius 2 is 2.11 bits per heavy atom. The summed E-state index contributed by atoms with van der Waals surface area (Å²) in [6.07, 6.45) is 5.55. The lowest BCUT2D eigenvalue weighted by Gasteiger charge is -2.37. The van der Waals surface area contributed by atoms with Crippen molar-refractivity contribution in [3.8, 4) is 0 Å². The molecule has 1 saturated heterocycles. The van der Waals surface area contributed by atoms with E-state index in [1.807, 2.05) is 11.8 Å². The van der Waals surface area contributed by atoms with Crippen molar-refractivity contribution >= 4 is 11.6 Å². The Morgan fingerprint density at radius 1 is 1.42 bits per heavy atom. The van der Waals surface area contributed by atoms with Crippen molar-refractivity contribution in [1.82, 2.24) is 9.88 Å². The number of nitrogens with zero attached hydrogens (tertiary/aromatic N) is 2. The Bertz CT molecular complexity index is 446. The fourth-order valence-corrected chi connectivity index (χ4v) is 2.40. The van der Waals surface area contributed by atoms with E-state index in [9.17, 15) is 4.79 Å². The number of nitrogens with one attached hydrogen (secondary N) is 1. The second kappa shape index (κ2) is 5.59. The van der Waals surface area contributed by atoms with Crippen LogP contribution in [-0.2, 0) is 0 Å². The number of carbonyl (C=O) groups excluding carboxylic acids is 1. The Kier molecular flexibility index (Phi) is 4.08. The van der Waals surface area contributed by atoms with E-state index in [0.717, 1.165) is 43.7 Å². The average Bonchev–Trinajstić information content (AvgIpc) is 2.39. The second-order valence-electron chi connectivity index (χ2n) is 5.91. The van der Waals surface area contributed by atoms with Crippen LogP contribution in [0.3, 0.4) is 0 Å². The van der Waals surface area contributed by atoms with Gasteiger partial charge in [0.2, 0.25) is 0 Å². The summed E-state index contributed by atoms with van der Waals surface area (Å²) in [5.74, 6) is 0.119. The summed E-state index contributed by atoms with van der Waals surface area (Å²) in [6, 6.07) is 1.81. The van der Waals surface area contributed by atoms with Crippen LogP contribution in [0.25, 0.3) is 0 Å². The maximum Gasteiger partial charge on any atom is 0.256 e. The monoisotopic (exact) mass is 261 g/mol. The van der Waals surface area contributed by atoms with E-state index in [1.54, 1.807) is 18.5 Å². The molecule has 0 radical (unpaired) electrons. The first-order valence-corrected chi connectivity index (χ1v) is 7.01. The van der Waals surface area contributed by atoms with Gasteiger partial charge in [-0.05, 0) is 31.2 Å². The number of rotatable bonds is 3. The van der Waals surface area contributed by atoms with Gasteiger partial charge in [-0.2, -0.15) is 0 Å². The first-order chi connectivity index (χ1) is 9.03. The number of aromatic nitrogens is 1. The Hall–Kier alpha value is -1.58. The van der Waals surface area contributed by atoms with Crippen LogP contribution >= 0.6 is 0 Å². The third-order valence-electron chi connectivity index (χ3n) is 3.82. The molecular weight excluding hydrogens is 238 g/mol. The zero-order valence-corrected chi connectivity index (χ0v) is 12.1. The molecule has 0 aromatic carbocycles. The molecule has 2 heterocycles. The molecule has 0 aliphatic carbocycles. The van der Waals surface area contributed by atoms with Gasteiger partial charge in [0.25, 0.3) is 5.91 Å². The van der Waals surface area contributed by atoms with E-state index >= 15 is 0 Å². The fourth-order valence-electron chi connectivity index (χ4n) is 2.40. The first kappa shape index (κ1) is 13.8. The van der Waals surface area contributed by atoms with Crippen LogP contribution in [0.2, 0.25) is 0 Å². The second-order valence-corrected chi connectivity index (χ2v) is 5.91. The van der Waals surface area contributed by atoms with Gasteiger partial charge in [0.1, 0.15) is 0 Å². The minimum atomic E-state index is 0.119. The zero-order chi connectivity index (χ0) is 13.9. The molecule has 1 fully saturated rings. The maximum atomic E-state index is 12.6. The molecule has 0 atom stereocenters. The molecule has 1 aromatic rings. The molecule has 0 unspecified atom stereocenters. The first-order valence-electron chi connectivity index (χ1n) is 7.01. The Labute approximate surface area is 115 Å². The molecule has 0 spiro atoms. The zero-order valence-electron chi connectivity index (χ0n) is 12.1. The van der Waals surface area contributed by atoms with E-state index in [0.29, 0.717) is 5.41 Å². The van der Waals surface area contributed by atoms with Gasteiger partial charge >= 0.3 is 0 Å². The lowest BCUT2D eigenvalue weighted by molar-refractivity contribution is 0.0631. The van der Waals surface area contributed by atoms with Gasteiger partial charge in [0.15, 0.2) is 0 Å². The van der Waals surface area contributed by atoms with Gasteiger partial charge in [-0.3, -0.25) is 9.78 Å². The van der Waals surface area contributed by atoms with Crippen molar-refractivity contribution in [2.24, 2.45) is 5.41 Å². The highest BCUT2D eigenvalue weighted by Gasteiger charge is 2.29. The van der Waals surface area contributed by atoms with Crippen LogP contribution in [0.4, 0.5) is 5.69 Å². The summed E-state index contributed by atoms with van der Waals surface area (Å²) in [7, 11) is 0. The van der Waals surface area contributed by atoms with Crippen LogP contribution in [-0.4, -0.2) is 35.4 Å². The third kappa shape index (κ3) is 3.25. The number of hydrogen-bond donors (Lipinski definition) is 1. The maximum absolute atomic E-state index is 12.6. The molecule has 0 saturated carbocycles. The van der Waals surface area contributed by atoms with Gasteiger partial charge < -0.3 is 10.2 Å². The van der Waals surface area contributed by atoms with E-state index in [2.05, 4.69) is 24.1 Å². The van der Waals surface area contributed by atoms with E-state index < -0.39 is 0 Å². The Morgan fingerprint density at radius 3 is 2.74 bits per heavy atom. The highest BCUT2D eigenvalue weighted by molar-refractivity contribution is 5.99. The topological polar surface area (TPSA) is 45.2 Å². The van der Waals surface area contributed by atoms with Gasteiger partial charge in [0.05, 0.1) is 17.4 Å². The van der Waals surface area contributed by atoms with Crippen LogP contribution in [0.15, 0.2) is 18.5 Å². The Balaban J connectivity index is 2.12. The van der Waals surface area contributed by atoms with Gasteiger partial charge in [-0.15, -0.1) is 0 Å². The third-order valence-corrected chi connectivity index (χ3v) is 3.82. The summed E-state index contributed by atoms with van der Waals surface area (Å²) in [4.78, 5) is 18.6. The minimum Gasteiger partial charge on any atom is -0.383 e. The quantitative estimate of drug-likeness (QED) is 0.910. The summed E-state index contributed by atoms with van der Waals surface area (Å²) in [5, 5.41) is 3.20. The minimum absolute atomic E-state index is 0.119. The molecule has 1 aliphatic rings. The smallest absolute Gasteiger partial charge is 0.256 e. The predicted molar refractivity (Wildman–Crippen MR) is 77.3 cm³/mol. The molecule has 4 heteroatoms. The lowest BCUT2D eigenvalue weighted by atomic mass is 9.82. The van der Waals surface area contributed by atoms with Crippen molar-refractivity contribution in [2.75, 3.05) is 25.0 Å². The van der Waals surface area contributed by atoms with Gasteiger partial charge in [0, 0.05) is 25.8 Å². The molecule has 104 valence electrons. The molecule has 1 aliphatic heterocycles. The number of likely N-dealkylation sites (tertiary alicyclic amines) is 1. The van der Waals surface area contributed by atoms with E-state index in [1.165, 1.54) is 0 Å². The summed E-state index contributed by atoms with van der Waals surface area (Å²) < 4.78 is 0. The largest absolute Gasteiger partial charge is 0.383 e. The van der Waals surface area contributed by atoms with Crippen LogP contribution in [0.5, 0.6) is 0 Å². The highest BCUT2D eigenvalue weighted by atomic mass is 16.2. The molecular formula is C15H23N3O. The van der Waals surface area contributed by atoms with Crippen molar-refractivity contribution in [2.45, 2.75) is 33.6 Å². The van der Waals surface area contributed by atoms with E-state index in [4.69, 9.17) is 0 Å². The molecule has 1 aromatic heterocycles. The molecule has 1 amide bonds. The SMILES string of the molecule is CCNc1cnccc1C(=O)N1CCC(C)(C)CC1. The van der Waals surface area contributed by atoms with E-state index in [-0.39, 0.29) is 5.91 Å². The molecule has 4 nitrogen and oxygen atoms in total. The fraction of sp³-hybridized carbons (Fsp3) is 0.600. The number of carbonyl (C=O) groups is 1. The van der Waals surface area contributed by atoms with Crippen molar-refractivity contribution < 1.29 is 4.79 Å². The normalized spacial score (nSPS) is 18.2. The summed E-state index contributed by atoms with van der Waals surface area (Å²) in [6.45, 7) is 9.04. The lowest BCUT2D eigenvalue weighted by Crippen LogP contribution is -2.41. The summed E-state index contributed by atoms with van der Waals surface area (Å²) in [5.41, 5.74) is 1.93. The van der Waals surface area contributed by atoms with Crippen molar-refractivity contribution in [1.29, 1.82) is 0 Å².